The smallest absolute Gasteiger partial charge is 0.240 e. The minimum absolute atomic E-state index is 0.0935. The van der Waals surface area contributed by atoms with Crippen molar-refractivity contribution in [3.63, 3.8) is 0 Å². The van der Waals surface area contributed by atoms with Gasteiger partial charge in [-0.3, -0.25) is 9.69 Å². The molecule has 4 heteroatoms. The first-order valence-electron chi connectivity index (χ1n) is 5.83. The molecule has 0 radical (unpaired) electrons. The second-order valence-electron chi connectivity index (χ2n) is 3.89. The fraction of sp³-hybridized carbons (Fsp3) is 0.462. The summed E-state index contributed by atoms with van der Waals surface area (Å²) in [4.78, 5) is 15.8. The lowest BCUT2D eigenvalue weighted by Crippen LogP contribution is -2.38. The highest BCUT2D eigenvalue weighted by Crippen LogP contribution is 2.16. The van der Waals surface area contributed by atoms with E-state index in [1.807, 2.05) is 12.1 Å². The number of carbonyl (C=O) groups excluding carboxylic acids is 1. The molecule has 17 heavy (non-hydrogen) atoms. The number of amides is 1. The van der Waals surface area contributed by atoms with E-state index in [2.05, 4.69) is 18.7 Å². The topological polar surface area (TPSA) is 23.6 Å². The van der Waals surface area contributed by atoms with Gasteiger partial charge in [0.05, 0.1) is 6.54 Å². The van der Waals surface area contributed by atoms with Crippen LogP contribution in [0.5, 0.6) is 0 Å². The highest BCUT2D eigenvalue weighted by molar-refractivity contribution is 6.30. The van der Waals surface area contributed by atoms with Crippen molar-refractivity contribution in [1.82, 2.24) is 4.90 Å². The lowest BCUT2D eigenvalue weighted by molar-refractivity contribution is -0.119. The monoisotopic (exact) mass is 254 g/mol. The van der Waals surface area contributed by atoms with Gasteiger partial charge in [0.15, 0.2) is 0 Å². The van der Waals surface area contributed by atoms with Crippen LogP contribution in [0.2, 0.25) is 5.02 Å². The van der Waals surface area contributed by atoms with Gasteiger partial charge in [-0.25, -0.2) is 0 Å². The number of hydrogen-bond donors (Lipinski definition) is 0. The van der Waals surface area contributed by atoms with Gasteiger partial charge >= 0.3 is 0 Å². The lowest BCUT2D eigenvalue weighted by Gasteiger charge is -2.22. The van der Waals surface area contributed by atoms with E-state index in [1.54, 1.807) is 24.1 Å². The number of anilines is 1. The van der Waals surface area contributed by atoms with Gasteiger partial charge < -0.3 is 4.90 Å². The summed E-state index contributed by atoms with van der Waals surface area (Å²) in [5.41, 5.74) is 0.867. The Morgan fingerprint density at radius 1 is 1.18 bits per heavy atom. The zero-order valence-electron chi connectivity index (χ0n) is 10.6. The summed E-state index contributed by atoms with van der Waals surface area (Å²) < 4.78 is 0. The van der Waals surface area contributed by atoms with Crippen LogP contribution in [0.25, 0.3) is 0 Å². The molecule has 0 N–H and O–H groups in total. The fourth-order valence-electron chi connectivity index (χ4n) is 1.55. The Balaban J connectivity index is 2.66. The molecule has 0 aromatic heterocycles. The third-order valence-corrected chi connectivity index (χ3v) is 3.09. The first-order chi connectivity index (χ1) is 8.08. The number of nitrogens with zero attached hydrogens (tertiary/aromatic N) is 2. The summed E-state index contributed by atoms with van der Waals surface area (Å²) in [6.07, 6.45) is 0. The highest BCUT2D eigenvalue weighted by Gasteiger charge is 2.13. The largest absolute Gasteiger partial charge is 0.314 e. The Hall–Kier alpha value is -1.06. The predicted molar refractivity (Wildman–Crippen MR) is 72.7 cm³/mol. The molecule has 0 bridgehead atoms. The molecule has 1 rings (SSSR count). The summed E-state index contributed by atoms with van der Waals surface area (Å²) in [6.45, 7) is 6.33. The first-order valence-corrected chi connectivity index (χ1v) is 6.20. The number of rotatable bonds is 5. The van der Waals surface area contributed by atoms with Crippen LogP contribution < -0.4 is 4.90 Å². The van der Waals surface area contributed by atoms with Crippen LogP contribution in [0, 0.1) is 0 Å². The van der Waals surface area contributed by atoms with Gasteiger partial charge in [0.2, 0.25) is 5.91 Å². The third-order valence-electron chi connectivity index (χ3n) is 2.84. The van der Waals surface area contributed by atoms with Crippen LogP contribution in [0.15, 0.2) is 24.3 Å². The van der Waals surface area contributed by atoms with Crippen molar-refractivity contribution in [3.05, 3.63) is 29.3 Å². The van der Waals surface area contributed by atoms with Gasteiger partial charge in [0.1, 0.15) is 0 Å². The molecule has 0 saturated heterocycles. The number of benzene rings is 1. The van der Waals surface area contributed by atoms with Crippen molar-refractivity contribution in [3.8, 4) is 0 Å². The van der Waals surface area contributed by atoms with Gasteiger partial charge in [-0.05, 0) is 37.4 Å². The van der Waals surface area contributed by atoms with Crippen molar-refractivity contribution in [1.29, 1.82) is 0 Å². The Labute approximate surface area is 108 Å². The molecule has 0 unspecified atom stereocenters. The second-order valence-corrected chi connectivity index (χ2v) is 4.33. The summed E-state index contributed by atoms with van der Waals surface area (Å²) in [5.74, 6) is 0.0935. The second kappa shape index (κ2) is 6.62. The number of likely N-dealkylation sites (N-methyl/N-ethyl adjacent to an activating group) is 2. The average Bonchev–Trinajstić information content (AvgIpc) is 2.35. The van der Waals surface area contributed by atoms with E-state index < -0.39 is 0 Å². The molecule has 1 amide bonds. The van der Waals surface area contributed by atoms with Gasteiger partial charge in [-0.2, -0.15) is 0 Å². The number of hydrogen-bond acceptors (Lipinski definition) is 2. The molecule has 0 heterocycles. The lowest BCUT2D eigenvalue weighted by atomic mass is 10.3. The third kappa shape index (κ3) is 4.02. The Kier molecular flexibility index (Phi) is 5.45. The summed E-state index contributed by atoms with van der Waals surface area (Å²) in [7, 11) is 1.79. The fourth-order valence-corrected chi connectivity index (χ4v) is 1.68. The van der Waals surface area contributed by atoms with Crippen molar-refractivity contribution in [2.75, 3.05) is 31.6 Å². The van der Waals surface area contributed by atoms with Gasteiger partial charge in [-0.1, -0.05) is 25.4 Å². The van der Waals surface area contributed by atoms with Crippen LogP contribution in [0.4, 0.5) is 5.69 Å². The zero-order valence-corrected chi connectivity index (χ0v) is 11.4. The van der Waals surface area contributed by atoms with E-state index in [1.165, 1.54) is 0 Å². The molecule has 0 fully saturated rings. The van der Waals surface area contributed by atoms with Crippen LogP contribution in [0.1, 0.15) is 13.8 Å². The van der Waals surface area contributed by atoms with Crippen LogP contribution in [-0.2, 0) is 4.79 Å². The van der Waals surface area contributed by atoms with E-state index >= 15 is 0 Å². The quantitative estimate of drug-likeness (QED) is 0.807. The molecule has 0 aliphatic heterocycles. The summed E-state index contributed by atoms with van der Waals surface area (Å²) >= 11 is 5.81. The maximum Gasteiger partial charge on any atom is 0.240 e. The average molecular weight is 255 g/mol. The van der Waals surface area contributed by atoms with Crippen molar-refractivity contribution in [2.45, 2.75) is 13.8 Å². The van der Waals surface area contributed by atoms with E-state index in [0.29, 0.717) is 11.6 Å². The molecule has 94 valence electrons. The van der Waals surface area contributed by atoms with Gasteiger partial charge in [-0.15, -0.1) is 0 Å². The summed E-state index contributed by atoms with van der Waals surface area (Å²) in [5, 5.41) is 0.679. The molecule has 0 aliphatic carbocycles. The van der Waals surface area contributed by atoms with Gasteiger partial charge in [0, 0.05) is 17.8 Å². The molecular weight excluding hydrogens is 236 g/mol. The zero-order chi connectivity index (χ0) is 12.8. The van der Waals surface area contributed by atoms with E-state index in [9.17, 15) is 4.79 Å². The van der Waals surface area contributed by atoms with Crippen molar-refractivity contribution in [2.24, 2.45) is 0 Å². The Morgan fingerprint density at radius 3 is 2.18 bits per heavy atom. The summed E-state index contributed by atoms with van der Waals surface area (Å²) in [6, 6.07) is 7.28. The van der Waals surface area contributed by atoms with Gasteiger partial charge in [0.25, 0.3) is 0 Å². The molecular formula is C13H19ClN2O. The standard InChI is InChI=1S/C13H19ClN2O/c1-4-16(5-2)10-13(17)15(3)12-8-6-11(14)7-9-12/h6-9H,4-5,10H2,1-3H3. The SMILES string of the molecule is CCN(CC)CC(=O)N(C)c1ccc(Cl)cc1. The maximum absolute atomic E-state index is 12.0. The minimum atomic E-state index is 0.0935. The van der Waals surface area contributed by atoms with Crippen molar-refractivity contribution < 1.29 is 4.79 Å². The van der Waals surface area contributed by atoms with Crippen LogP contribution in [0.3, 0.4) is 0 Å². The Bertz CT molecular complexity index is 360. The molecule has 0 atom stereocenters. The minimum Gasteiger partial charge on any atom is -0.314 e. The number of carbonyl (C=O) groups is 1. The van der Waals surface area contributed by atoms with E-state index in [-0.39, 0.29) is 5.91 Å². The molecule has 0 saturated carbocycles. The Morgan fingerprint density at radius 2 is 1.71 bits per heavy atom. The van der Waals surface area contributed by atoms with E-state index in [4.69, 9.17) is 11.6 Å². The highest BCUT2D eigenvalue weighted by atomic mass is 35.5. The van der Waals surface area contributed by atoms with Crippen LogP contribution >= 0.6 is 11.6 Å². The first kappa shape index (κ1) is 14.0. The number of halogens is 1. The van der Waals surface area contributed by atoms with Crippen LogP contribution in [-0.4, -0.2) is 37.5 Å². The van der Waals surface area contributed by atoms with E-state index in [0.717, 1.165) is 18.8 Å². The molecule has 1 aromatic carbocycles. The molecule has 0 spiro atoms. The molecule has 3 nitrogen and oxygen atoms in total. The predicted octanol–water partition coefficient (Wildman–Crippen LogP) is 2.64. The molecule has 1 aromatic rings. The maximum atomic E-state index is 12.0. The normalized spacial score (nSPS) is 10.6. The molecule has 0 aliphatic rings. The van der Waals surface area contributed by atoms with Crippen molar-refractivity contribution >= 4 is 23.2 Å².